The predicted octanol–water partition coefficient (Wildman–Crippen LogP) is 2.52. The maximum atomic E-state index is 12.5. The maximum Gasteiger partial charge on any atom is 0.290 e. The van der Waals surface area contributed by atoms with Crippen molar-refractivity contribution in [2.75, 3.05) is 13.1 Å². The number of nitrogens with zero attached hydrogens (tertiary/aromatic N) is 1. The average Bonchev–Trinajstić information content (AvgIpc) is 2.67. The topological polar surface area (TPSA) is 59.5 Å². The van der Waals surface area contributed by atoms with E-state index in [2.05, 4.69) is 6.92 Å². The van der Waals surface area contributed by atoms with Gasteiger partial charge in [0.15, 0.2) is 5.76 Å². The van der Waals surface area contributed by atoms with Crippen molar-refractivity contribution in [3.8, 4) is 0 Å². The fourth-order valence-corrected chi connectivity index (χ4v) is 2.84. The van der Waals surface area contributed by atoms with Crippen molar-refractivity contribution in [2.24, 2.45) is 11.7 Å². The first-order valence-corrected chi connectivity index (χ1v) is 6.62. The second kappa shape index (κ2) is 6.44. The third-order valence-electron chi connectivity index (χ3n) is 3.85. The van der Waals surface area contributed by atoms with E-state index in [4.69, 9.17) is 10.2 Å². The summed E-state index contributed by atoms with van der Waals surface area (Å²) in [5.41, 5.74) is 6.73. The van der Waals surface area contributed by atoms with Gasteiger partial charge < -0.3 is 15.1 Å². The molecule has 5 heteroatoms. The fraction of sp³-hybridized carbons (Fsp3) is 0.643. The number of halogens is 1. The van der Waals surface area contributed by atoms with E-state index in [0.717, 1.165) is 30.7 Å². The Balaban J connectivity index is 0.00000180. The van der Waals surface area contributed by atoms with Crippen LogP contribution in [0.25, 0.3) is 0 Å². The summed E-state index contributed by atoms with van der Waals surface area (Å²) in [7, 11) is 0. The molecule has 0 spiro atoms. The van der Waals surface area contributed by atoms with Gasteiger partial charge in [0.2, 0.25) is 0 Å². The smallest absolute Gasteiger partial charge is 0.290 e. The van der Waals surface area contributed by atoms with Crippen LogP contribution < -0.4 is 5.73 Å². The molecule has 0 aliphatic carbocycles. The summed E-state index contributed by atoms with van der Waals surface area (Å²) >= 11 is 0. The second-order valence-corrected chi connectivity index (χ2v) is 5.29. The highest BCUT2D eigenvalue weighted by Crippen LogP contribution is 2.26. The molecular weight excluding hydrogens is 264 g/mol. The van der Waals surface area contributed by atoms with Crippen LogP contribution in [-0.4, -0.2) is 29.9 Å². The molecule has 1 aromatic heterocycles. The lowest BCUT2D eigenvalue weighted by Gasteiger charge is -2.39. The number of hydrogen-bond acceptors (Lipinski definition) is 3. The van der Waals surface area contributed by atoms with E-state index < -0.39 is 0 Å². The van der Waals surface area contributed by atoms with Gasteiger partial charge in [-0.05, 0) is 38.7 Å². The van der Waals surface area contributed by atoms with Crippen LogP contribution in [0.2, 0.25) is 0 Å². The molecule has 4 nitrogen and oxygen atoms in total. The van der Waals surface area contributed by atoms with Crippen LogP contribution in [-0.2, 0) is 0 Å². The zero-order valence-corrected chi connectivity index (χ0v) is 12.6. The molecule has 2 N–H and O–H groups in total. The van der Waals surface area contributed by atoms with Crippen molar-refractivity contribution in [1.82, 2.24) is 4.90 Å². The van der Waals surface area contributed by atoms with Crippen molar-refractivity contribution in [1.29, 1.82) is 0 Å². The van der Waals surface area contributed by atoms with E-state index in [-0.39, 0.29) is 24.4 Å². The minimum absolute atomic E-state index is 0. The molecule has 0 radical (unpaired) electrons. The lowest BCUT2D eigenvalue weighted by atomic mass is 9.90. The summed E-state index contributed by atoms with van der Waals surface area (Å²) in [6.07, 6.45) is 2.18. The number of rotatable bonds is 2. The fourth-order valence-electron chi connectivity index (χ4n) is 2.84. The van der Waals surface area contributed by atoms with Gasteiger partial charge in [0.1, 0.15) is 5.76 Å². The highest BCUT2D eigenvalue weighted by molar-refractivity contribution is 5.93. The quantitative estimate of drug-likeness (QED) is 0.909. The van der Waals surface area contributed by atoms with Crippen molar-refractivity contribution < 1.29 is 9.21 Å². The summed E-state index contributed by atoms with van der Waals surface area (Å²) in [5.74, 6) is 1.71. The Morgan fingerprint density at radius 2 is 2.21 bits per heavy atom. The summed E-state index contributed by atoms with van der Waals surface area (Å²) in [5, 5.41) is 0. The van der Waals surface area contributed by atoms with E-state index in [9.17, 15) is 4.79 Å². The van der Waals surface area contributed by atoms with Crippen LogP contribution in [0.4, 0.5) is 0 Å². The van der Waals surface area contributed by atoms with Gasteiger partial charge in [0.25, 0.3) is 5.91 Å². The summed E-state index contributed by atoms with van der Waals surface area (Å²) in [6.45, 7) is 7.24. The molecule has 1 amide bonds. The Kier molecular flexibility index (Phi) is 5.44. The highest BCUT2D eigenvalue weighted by Gasteiger charge is 2.33. The molecule has 2 heterocycles. The molecule has 108 valence electrons. The molecule has 2 atom stereocenters. The van der Waals surface area contributed by atoms with Gasteiger partial charge in [0.05, 0.1) is 0 Å². The number of furan rings is 1. The Labute approximate surface area is 120 Å². The van der Waals surface area contributed by atoms with Gasteiger partial charge in [-0.2, -0.15) is 0 Å². The van der Waals surface area contributed by atoms with Gasteiger partial charge in [-0.3, -0.25) is 4.79 Å². The van der Waals surface area contributed by atoms with E-state index in [0.29, 0.717) is 18.2 Å². The zero-order chi connectivity index (χ0) is 13.3. The Morgan fingerprint density at radius 1 is 1.53 bits per heavy atom. The normalized spacial score (nSPS) is 23.1. The van der Waals surface area contributed by atoms with Gasteiger partial charge >= 0.3 is 0 Å². The third kappa shape index (κ3) is 3.12. The molecule has 1 saturated heterocycles. The number of hydrogen-bond donors (Lipinski definition) is 1. The zero-order valence-electron chi connectivity index (χ0n) is 11.8. The van der Waals surface area contributed by atoms with E-state index in [1.54, 1.807) is 0 Å². The summed E-state index contributed by atoms with van der Waals surface area (Å²) in [4.78, 5) is 14.4. The van der Waals surface area contributed by atoms with E-state index in [1.807, 2.05) is 24.8 Å². The first-order valence-electron chi connectivity index (χ1n) is 6.62. The van der Waals surface area contributed by atoms with Crippen LogP contribution >= 0.6 is 12.4 Å². The first-order chi connectivity index (χ1) is 8.54. The van der Waals surface area contributed by atoms with Crippen molar-refractivity contribution in [2.45, 2.75) is 39.7 Å². The largest absolute Gasteiger partial charge is 0.456 e. The number of amides is 1. The second-order valence-electron chi connectivity index (χ2n) is 5.29. The molecule has 1 aliphatic rings. The molecule has 1 fully saturated rings. The van der Waals surface area contributed by atoms with E-state index in [1.165, 1.54) is 0 Å². The molecule has 2 rings (SSSR count). The van der Waals surface area contributed by atoms with Crippen molar-refractivity contribution >= 4 is 18.3 Å². The minimum Gasteiger partial charge on any atom is -0.456 e. The van der Waals surface area contributed by atoms with Crippen LogP contribution in [0, 0.1) is 19.8 Å². The number of carbonyl (C=O) groups excluding carboxylic acids is 1. The van der Waals surface area contributed by atoms with Crippen LogP contribution in [0.5, 0.6) is 0 Å². The lowest BCUT2D eigenvalue weighted by Crippen LogP contribution is -2.51. The number of carbonyl (C=O) groups is 1. The number of piperidine rings is 1. The van der Waals surface area contributed by atoms with Gasteiger partial charge in [-0.15, -0.1) is 12.4 Å². The van der Waals surface area contributed by atoms with Crippen LogP contribution in [0.1, 0.15) is 41.6 Å². The Morgan fingerprint density at radius 3 is 2.74 bits per heavy atom. The minimum atomic E-state index is -0.0115. The standard InChI is InChI=1S/C14H22N2O2.ClH/c1-9-5-4-6-16(12(9)8-15)14(17)13-10(2)7-11(3)18-13;/h7,9,12H,4-6,8,15H2,1-3H3;1H. The lowest BCUT2D eigenvalue weighted by molar-refractivity contribution is 0.0499. The number of likely N-dealkylation sites (tertiary alicyclic amines) is 1. The SMILES string of the molecule is Cc1cc(C)c(C(=O)N2CCCC(C)C2CN)o1.Cl. The monoisotopic (exact) mass is 286 g/mol. The summed E-state index contributed by atoms with van der Waals surface area (Å²) in [6, 6.07) is 2.04. The Bertz CT molecular complexity index is 445. The van der Waals surface area contributed by atoms with Crippen molar-refractivity contribution in [3.05, 3.63) is 23.2 Å². The number of nitrogens with two attached hydrogens (primary N) is 1. The summed E-state index contributed by atoms with van der Waals surface area (Å²) < 4.78 is 5.53. The van der Waals surface area contributed by atoms with Gasteiger partial charge in [-0.1, -0.05) is 6.92 Å². The third-order valence-corrected chi connectivity index (χ3v) is 3.85. The van der Waals surface area contributed by atoms with Crippen molar-refractivity contribution in [3.63, 3.8) is 0 Å². The molecule has 0 bridgehead atoms. The first kappa shape index (κ1) is 16.1. The molecule has 1 aromatic rings. The molecule has 2 unspecified atom stereocenters. The molecular formula is C14H23ClN2O2. The predicted molar refractivity (Wildman–Crippen MR) is 77.7 cm³/mol. The maximum absolute atomic E-state index is 12.5. The number of aryl methyl sites for hydroxylation is 2. The van der Waals surface area contributed by atoms with E-state index >= 15 is 0 Å². The molecule has 0 saturated carbocycles. The highest BCUT2D eigenvalue weighted by atomic mass is 35.5. The van der Waals surface area contributed by atoms with Crippen LogP contribution in [0.15, 0.2) is 10.5 Å². The Hall–Kier alpha value is -1.00. The van der Waals surface area contributed by atoms with Gasteiger partial charge in [0, 0.05) is 24.7 Å². The van der Waals surface area contributed by atoms with Crippen LogP contribution in [0.3, 0.4) is 0 Å². The molecule has 0 aromatic carbocycles. The molecule has 19 heavy (non-hydrogen) atoms. The average molecular weight is 287 g/mol. The molecule has 1 aliphatic heterocycles. The van der Waals surface area contributed by atoms with Gasteiger partial charge in [-0.25, -0.2) is 0 Å².